The molecule has 1 heterocycles. The summed E-state index contributed by atoms with van der Waals surface area (Å²) in [6, 6.07) is 0. The lowest BCUT2D eigenvalue weighted by Crippen LogP contribution is -2.37. The fourth-order valence-corrected chi connectivity index (χ4v) is 6.20. The highest BCUT2D eigenvalue weighted by molar-refractivity contribution is 9.11. The Morgan fingerprint density at radius 2 is 2.22 bits per heavy atom. The van der Waals surface area contributed by atoms with Crippen molar-refractivity contribution in [1.29, 1.82) is 0 Å². The minimum absolute atomic E-state index is 0.0300. The predicted octanol–water partition coefficient (Wildman–Crippen LogP) is 5.63. The van der Waals surface area contributed by atoms with Crippen LogP contribution in [0.25, 0.3) is 0 Å². The first kappa shape index (κ1) is 17.3. The van der Waals surface area contributed by atoms with Gasteiger partial charge in [-0.1, -0.05) is 48.9 Å². The van der Waals surface area contributed by atoms with E-state index in [1.165, 1.54) is 32.1 Å². The Bertz CT molecular complexity index is 538. The molecule has 23 heavy (non-hydrogen) atoms. The molecule has 3 heteroatoms. The lowest BCUT2D eigenvalue weighted by Gasteiger charge is -2.44. The molecule has 0 aromatic rings. The van der Waals surface area contributed by atoms with Crippen molar-refractivity contribution in [2.24, 2.45) is 29.1 Å². The van der Waals surface area contributed by atoms with Crippen LogP contribution in [-0.4, -0.2) is 12.1 Å². The van der Waals surface area contributed by atoms with E-state index in [-0.39, 0.29) is 18.0 Å². The summed E-state index contributed by atoms with van der Waals surface area (Å²) in [6.45, 7) is 10.8. The quantitative estimate of drug-likeness (QED) is 0.468. The normalized spacial score (nSPS) is 43.6. The van der Waals surface area contributed by atoms with Crippen LogP contribution in [0.1, 0.15) is 59.3 Å². The number of rotatable bonds is 3. The molecule has 3 rings (SSSR count). The first-order valence-corrected chi connectivity index (χ1v) is 9.99. The SMILES string of the molecule is C=C1C(=O)OC(C[C@@H](C)C2CC[C@H]3/C(=C/Br)CCCC23C)C1C. The number of esters is 1. The second-order valence-corrected chi connectivity index (χ2v) is 8.71. The second kappa shape index (κ2) is 6.38. The van der Waals surface area contributed by atoms with Crippen molar-refractivity contribution in [3.63, 3.8) is 0 Å². The predicted molar refractivity (Wildman–Crippen MR) is 97.1 cm³/mol. The maximum atomic E-state index is 11.7. The number of carbonyl (C=O) groups excluding carboxylic acids is 1. The summed E-state index contributed by atoms with van der Waals surface area (Å²) in [5.41, 5.74) is 2.68. The standard InChI is InChI=1S/C20H29BrO2/c1-12(10-18-13(2)14(3)19(22)23-18)16-7-8-17-15(11-21)6-5-9-20(16,17)4/h11-13,16-18H,3,5-10H2,1-2,4H3/b15-11+/t12-,13?,16?,17+,18?,20?/m1/s1. The van der Waals surface area contributed by atoms with Gasteiger partial charge in [-0.2, -0.15) is 0 Å². The molecule has 2 saturated carbocycles. The van der Waals surface area contributed by atoms with Gasteiger partial charge < -0.3 is 4.74 Å². The molecule has 1 aliphatic heterocycles. The topological polar surface area (TPSA) is 26.3 Å². The van der Waals surface area contributed by atoms with Gasteiger partial charge in [0.1, 0.15) is 6.10 Å². The highest BCUT2D eigenvalue weighted by Gasteiger charge is 2.51. The van der Waals surface area contributed by atoms with Crippen molar-refractivity contribution in [1.82, 2.24) is 0 Å². The van der Waals surface area contributed by atoms with Gasteiger partial charge in [-0.15, -0.1) is 0 Å². The summed E-state index contributed by atoms with van der Waals surface area (Å²) < 4.78 is 5.57. The minimum atomic E-state index is -0.188. The van der Waals surface area contributed by atoms with Crippen molar-refractivity contribution in [2.45, 2.75) is 65.4 Å². The largest absolute Gasteiger partial charge is 0.458 e. The van der Waals surface area contributed by atoms with Crippen LogP contribution >= 0.6 is 15.9 Å². The Morgan fingerprint density at radius 3 is 2.83 bits per heavy atom. The van der Waals surface area contributed by atoms with Gasteiger partial charge in [-0.05, 0) is 66.7 Å². The van der Waals surface area contributed by atoms with Crippen LogP contribution in [0, 0.1) is 29.1 Å². The number of allylic oxidation sites excluding steroid dienone is 1. The molecule has 3 aliphatic rings. The van der Waals surface area contributed by atoms with Crippen LogP contribution in [0.2, 0.25) is 0 Å². The molecule has 3 fully saturated rings. The number of hydrogen-bond donors (Lipinski definition) is 0. The number of hydrogen-bond acceptors (Lipinski definition) is 2. The minimum Gasteiger partial charge on any atom is -0.458 e. The van der Waals surface area contributed by atoms with E-state index in [1.807, 2.05) is 0 Å². The van der Waals surface area contributed by atoms with Crippen LogP contribution in [0.5, 0.6) is 0 Å². The summed E-state index contributed by atoms with van der Waals surface area (Å²) in [6.07, 6.45) is 7.53. The van der Waals surface area contributed by atoms with Gasteiger partial charge in [0.25, 0.3) is 0 Å². The molecule has 2 aliphatic carbocycles. The zero-order valence-electron chi connectivity index (χ0n) is 14.6. The number of ether oxygens (including phenoxy) is 1. The van der Waals surface area contributed by atoms with E-state index in [0.717, 1.165) is 18.3 Å². The smallest absolute Gasteiger partial charge is 0.334 e. The molecule has 0 N–H and O–H groups in total. The Balaban J connectivity index is 1.72. The number of fused-ring (bicyclic) bond motifs is 1. The van der Waals surface area contributed by atoms with Crippen LogP contribution in [-0.2, 0) is 9.53 Å². The van der Waals surface area contributed by atoms with Crippen LogP contribution in [0.3, 0.4) is 0 Å². The maximum absolute atomic E-state index is 11.7. The number of halogens is 1. The van der Waals surface area contributed by atoms with Crippen molar-refractivity contribution < 1.29 is 9.53 Å². The highest BCUT2D eigenvalue weighted by Crippen LogP contribution is 2.60. The van der Waals surface area contributed by atoms with E-state index >= 15 is 0 Å². The molecular weight excluding hydrogens is 352 g/mol. The van der Waals surface area contributed by atoms with Gasteiger partial charge in [0, 0.05) is 11.5 Å². The number of carbonyl (C=O) groups is 1. The zero-order valence-corrected chi connectivity index (χ0v) is 16.2. The zero-order chi connectivity index (χ0) is 16.8. The van der Waals surface area contributed by atoms with E-state index in [4.69, 9.17) is 4.74 Å². The molecule has 4 unspecified atom stereocenters. The molecule has 0 aromatic heterocycles. The van der Waals surface area contributed by atoms with Crippen molar-refractivity contribution in [2.75, 3.05) is 0 Å². The van der Waals surface area contributed by atoms with Gasteiger partial charge in [0.15, 0.2) is 0 Å². The first-order chi connectivity index (χ1) is 10.9. The molecule has 0 spiro atoms. The monoisotopic (exact) mass is 380 g/mol. The van der Waals surface area contributed by atoms with Crippen molar-refractivity contribution >= 4 is 21.9 Å². The summed E-state index contributed by atoms with van der Waals surface area (Å²) in [7, 11) is 0. The van der Waals surface area contributed by atoms with E-state index in [2.05, 4.69) is 48.3 Å². The summed E-state index contributed by atoms with van der Waals surface area (Å²) in [5.74, 6) is 2.04. The lowest BCUT2D eigenvalue weighted by molar-refractivity contribution is -0.140. The highest BCUT2D eigenvalue weighted by atomic mass is 79.9. The van der Waals surface area contributed by atoms with Crippen LogP contribution in [0.15, 0.2) is 22.7 Å². The fraction of sp³-hybridized carbons (Fsp3) is 0.750. The van der Waals surface area contributed by atoms with Gasteiger partial charge in [0.05, 0.1) is 0 Å². The average molecular weight is 381 g/mol. The maximum Gasteiger partial charge on any atom is 0.334 e. The summed E-state index contributed by atoms with van der Waals surface area (Å²) >= 11 is 3.59. The van der Waals surface area contributed by atoms with Crippen molar-refractivity contribution in [3.05, 3.63) is 22.7 Å². The average Bonchev–Trinajstić information content (AvgIpc) is 2.99. The summed E-state index contributed by atoms with van der Waals surface area (Å²) in [5, 5.41) is 0. The Hall–Kier alpha value is -0.570. The van der Waals surface area contributed by atoms with E-state index < -0.39 is 0 Å². The fourth-order valence-electron chi connectivity index (χ4n) is 5.65. The van der Waals surface area contributed by atoms with Gasteiger partial charge in [0.2, 0.25) is 0 Å². The van der Waals surface area contributed by atoms with Crippen LogP contribution < -0.4 is 0 Å². The molecule has 128 valence electrons. The molecule has 1 saturated heterocycles. The molecule has 2 nitrogen and oxygen atoms in total. The van der Waals surface area contributed by atoms with E-state index in [9.17, 15) is 4.79 Å². The summed E-state index contributed by atoms with van der Waals surface area (Å²) in [4.78, 5) is 13.9. The van der Waals surface area contributed by atoms with Gasteiger partial charge in [-0.25, -0.2) is 4.79 Å². The number of cyclic esters (lactones) is 1. The molecule has 0 amide bonds. The van der Waals surface area contributed by atoms with Gasteiger partial charge >= 0.3 is 5.97 Å². The Labute approximate surface area is 148 Å². The molecule has 0 radical (unpaired) electrons. The first-order valence-electron chi connectivity index (χ1n) is 9.07. The third kappa shape index (κ3) is 2.83. The van der Waals surface area contributed by atoms with Crippen LogP contribution in [0.4, 0.5) is 0 Å². The molecule has 0 aromatic carbocycles. The van der Waals surface area contributed by atoms with Crippen molar-refractivity contribution in [3.8, 4) is 0 Å². The Morgan fingerprint density at radius 1 is 1.48 bits per heavy atom. The van der Waals surface area contributed by atoms with Gasteiger partial charge in [-0.3, -0.25) is 0 Å². The third-order valence-electron chi connectivity index (χ3n) is 7.10. The lowest BCUT2D eigenvalue weighted by atomic mass is 9.61. The Kier molecular flexibility index (Phi) is 4.79. The molecule has 0 bridgehead atoms. The molecular formula is C20H29BrO2. The van der Waals surface area contributed by atoms with E-state index in [0.29, 0.717) is 16.9 Å². The molecule has 6 atom stereocenters. The third-order valence-corrected chi connectivity index (χ3v) is 7.69. The second-order valence-electron chi connectivity index (χ2n) is 8.25. The van der Waals surface area contributed by atoms with E-state index in [1.54, 1.807) is 5.57 Å².